The van der Waals surface area contributed by atoms with Crippen LogP contribution in [0.3, 0.4) is 0 Å². The molecule has 3 rings (SSSR count). The molecule has 1 heterocycles. The van der Waals surface area contributed by atoms with Crippen molar-refractivity contribution < 1.29 is 28.5 Å². The van der Waals surface area contributed by atoms with Gasteiger partial charge in [-0.3, -0.25) is 0 Å². The molecule has 0 aromatic heterocycles. The van der Waals surface area contributed by atoms with Crippen LogP contribution in [-0.2, 0) is 20.7 Å². The Labute approximate surface area is 198 Å². The highest BCUT2D eigenvalue weighted by Gasteiger charge is 2.34. The van der Waals surface area contributed by atoms with Crippen molar-refractivity contribution in [1.82, 2.24) is 4.90 Å². The fraction of sp³-hybridized carbons (Fsp3) is 0.375. The highest BCUT2D eigenvalue weighted by molar-refractivity contribution is 7.80. The highest BCUT2D eigenvalue weighted by Crippen LogP contribution is 2.28. The Hall–Kier alpha value is -3.33. The van der Waals surface area contributed by atoms with Crippen LogP contribution in [-0.4, -0.2) is 62.5 Å². The molecule has 176 valence electrons. The Balaban J connectivity index is 1.58. The largest absolute Gasteiger partial charge is 0.493 e. The van der Waals surface area contributed by atoms with Gasteiger partial charge in [-0.25, -0.2) is 9.59 Å². The van der Waals surface area contributed by atoms with E-state index in [2.05, 4.69) is 5.32 Å². The van der Waals surface area contributed by atoms with Crippen molar-refractivity contribution in [3.8, 4) is 11.5 Å². The van der Waals surface area contributed by atoms with Crippen LogP contribution in [0.2, 0.25) is 0 Å². The van der Waals surface area contributed by atoms with Crippen molar-refractivity contribution in [2.75, 3.05) is 39.8 Å². The zero-order chi connectivity index (χ0) is 23.8. The van der Waals surface area contributed by atoms with Crippen molar-refractivity contribution in [1.29, 1.82) is 0 Å². The van der Waals surface area contributed by atoms with E-state index in [1.165, 1.54) is 7.11 Å². The first kappa shape index (κ1) is 24.3. The molecule has 1 fully saturated rings. The summed E-state index contributed by atoms with van der Waals surface area (Å²) in [5.74, 6) is 0.494. The summed E-state index contributed by atoms with van der Waals surface area (Å²) < 4.78 is 20.9. The second-order valence-corrected chi connectivity index (χ2v) is 7.81. The van der Waals surface area contributed by atoms with Crippen LogP contribution < -0.4 is 14.8 Å². The summed E-state index contributed by atoms with van der Waals surface area (Å²) in [6.45, 7) is 0.867. The number of rotatable bonds is 8. The highest BCUT2D eigenvalue weighted by atomic mass is 32.1. The zero-order valence-electron chi connectivity index (χ0n) is 19.0. The number of esters is 2. The lowest BCUT2D eigenvalue weighted by Gasteiger charge is -2.26. The molecule has 0 aliphatic carbocycles. The Kier molecular flexibility index (Phi) is 8.48. The van der Waals surface area contributed by atoms with Crippen molar-refractivity contribution in [3.05, 3.63) is 53.6 Å². The number of hydrogen-bond donors (Lipinski definition) is 1. The molecule has 0 spiro atoms. The maximum Gasteiger partial charge on any atom is 0.339 e. The Morgan fingerprint density at radius 2 is 1.85 bits per heavy atom. The summed E-state index contributed by atoms with van der Waals surface area (Å²) in [4.78, 5) is 26.6. The third-order valence-corrected chi connectivity index (χ3v) is 5.78. The number of methoxy groups -OCH3 is 3. The number of thiocarbonyl (C=S) groups is 1. The molecule has 0 saturated carbocycles. The monoisotopic (exact) mass is 472 g/mol. The second kappa shape index (κ2) is 11.5. The van der Waals surface area contributed by atoms with Gasteiger partial charge in [0.15, 0.2) is 16.6 Å². The van der Waals surface area contributed by atoms with Crippen molar-refractivity contribution in [3.63, 3.8) is 0 Å². The summed E-state index contributed by atoms with van der Waals surface area (Å²) in [5, 5.41) is 3.45. The molecule has 1 saturated heterocycles. The molecule has 0 unspecified atom stereocenters. The first-order valence-electron chi connectivity index (χ1n) is 10.6. The number of carbonyl (C=O) groups is 2. The first-order valence-corrected chi connectivity index (χ1v) is 11.0. The third kappa shape index (κ3) is 5.92. The minimum absolute atomic E-state index is 0.240. The van der Waals surface area contributed by atoms with Gasteiger partial charge in [-0.05, 0) is 54.9 Å². The van der Waals surface area contributed by atoms with Crippen LogP contribution in [0.1, 0.15) is 28.8 Å². The van der Waals surface area contributed by atoms with Crippen molar-refractivity contribution in [2.45, 2.75) is 25.3 Å². The molecular weight excluding hydrogens is 444 g/mol. The predicted octanol–water partition coefficient (Wildman–Crippen LogP) is 3.44. The van der Waals surface area contributed by atoms with Crippen LogP contribution >= 0.6 is 12.2 Å². The summed E-state index contributed by atoms with van der Waals surface area (Å²) in [6, 6.07) is 12.1. The maximum atomic E-state index is 12.8. The molecule has 0 radical (unpaired) electrons. The lowest BCUT2D eigenvalue weighted by atomic mass is 10.1. The van der Waals surface area contributed by atoms with E-state index in [4.69, 9.17) is 31.2 Å². The quantitative estimate of drug-likeness (QED) is 0.459. The SMILES string of the molecule is COC(=O)c1ccccc1NC(=S)N1CCC[C@H]1C(=O)OCCc1ccc(OC)c(OC)c1. The summed E-state index contributed by atoms with van der Waals surface area (Å²) in [5.41, 5.74) is 1.87. The van der Waals surface area contributed by atoms with E-state index in [9.17, 15) is 9.59 Å². The number of para-hydroxylation sites is 1. The van der Waals surface area contributed by atoms with Gasteiger partial charge in [0.05, 0.1) is 39.2 Å². The van der Waals surface area contributed by atoms with Gasteiger partial charge >= 0.3 is 11.9 Å². The van der Waals surface area contributed by atoms with Gasteiger partial charge in [0.1, 0.15) is 6.04 Å². The van der Waals surface area contributed by atoms with Crippen LogP contribution in [0.4, 0.5) is 5.69 Å². The minimum atomic E-state index is -0.472. The van der Waals surface area contributed by atoms with Crippen LogP contribution in [0.25, 0.3) is 0 Å². The van der Waals surface area contributed by atoms with Crippen LogP contribution in [0, 0.1) is 0 Å². The minimum Gasteiger partial charge on any atom is -0.493 e. The van der Waals surface area contributed by atoms with Crippen LogP contribution in [0.15, 0.2) is 42.5 Å². The molecule has 2 aromatic rings. The Bertz CT molecular complexity index is 1010. The predicted molar refractivity (Wildman–Crippen MR) is 128 cm³/mol. The lowest BCUT2D eigenvalue weighted by molar-refractivity contribution is -0.147. The number of benzene rings is 2. The number of nitrogens with one attached hydrogen (secondary N) is 1. The number of nitrogens with zero attached hydrogens (tertiary/aromatic N) is 1. The summed E-state index contributed by atoms with van der Waals surface area (Å²) >= 11 is 5.54. The molecule has 1 atom stereocenters. The van der Waals surface area contributed by atoms with Gasteiger partial charge in [0, 0.05) is 13.0 Å². The third-order valence-electron chi connectivity index (χ3n) is 5.44. The Morgan fingerprint density at radius 3 is 2.58 bits per heavy atom. The van der Waals surface area contributed by atoms with E-state index < -0.39 is 12.0 Å². The molecule has 0 amide bonds. The second-order valence-electron chi connectivity index (χ2n) is 7.43. The smallest absolute Gasteiger partial charge is 0.339 e. The van der Waals surface area contributed by atoms with Gasteiger partial charge in [0.2, 0.25) is 0 Å². The average Bonchev–Trinajstić information content (AvgIpc) is 3.34. The van der Waals surface area contributed by atoms with E-state index in [-0.39, 0.29) is 12.6 Å². The number of hydrogen-bond acceptors (Lipinski definition) is 7. The fourth-order valence-corrected chi connectivity index (χ4v) is 4.05. The molecule has 9 heteroatoms. The standard InChI is InChI=1S/C24H28N2O6S/c1-29-20-11-10-16(15-21(20)30-2)12-14-32-23(28)19-9-6-13-26(19)24(33)25-18-8-5-4-7-17(18)22(27)31-3/h4-5,7-8,10-11,15,19H,6,9,12-14H2,1-3H3,(H,25,33)/t19-/m0/s1. The molecule has 1 N–H and O–H groups in total. The van der Waals surface area contributed by atoms with Gasteiger partial charge < -0.3 is 29.2 Å². The number of anilines is 1. The van der Waals surface area contributed by atoms with Gasteiger partial charge in [-0.2, -0.15) is 0 Å². The number of ether oxygens (including phenoxy) is 4. The van der Waals surface area contributed by atoms with Gasteiger partial charge in [-0.1, -0.05) is 18.2 Å². The van der Waals surface area contributed by atoms with E-state index in [0.717, 1.165) is 12.0 Å². The Morgan fingerprint density at radius 1 is 1.09 bits per heavy atom. The maximum absolute atomic E-state index is 12.8. The first-order chi connectivity index (χ1) is 16.0. The lowest BCUT2D eigenvalue weighted by Crippen LogP contribution is -2.43. The average molecular weight is 473 g/mol. The fourth-order valence-electron chi connectivity index (χ4n) is 3.72. The molecule has 1 aliphatic heterocycles. The number of likely N-dealkylation sites (tertiary alicyclic amines) is 1. The van der Waals surface area contributed by atoms with Crippen LogP contribution in [0.5, 0.6) is 11.5 Å². The number of carbonyl (C=O) groups excluding carboxylic acids is 2. The van der Waals surface area contributed by atoms with E-state index in [0.29, 0.717) is 47.2 Å². The summed E-state index contributed by atoms with van der Waals surface area (Å²) in [6.07, 6.45) is 2.01. The van der Waals surface area contributed by atoms with Crippen molar-refractivity contribution >= 4 is 35.0 Å². The molecule has 8 nitrogen and oxygen atoms in total. The molecule has 2 aromatic carbocycles. The van der Waals surface area contributed by atoms with Gasteiger partial charge in [-0.15, -0.1) is 0 Å². The zero-order valence-corrected chi connectivity index (χ0v) is 19.8. The normalized spacial score (nSPS) is 15.0. The van der Waals surface area contributed by atoms with E-state index >= 15 is 0 Å². The van der Waals surface area contributed by atoms with E-state index in [1.54, 1.807) is 38.5 Å². The van der Waals surface area contributed by atoms with Crippen molar-refractivity contribution in [2.24, 2.45) is 0 Å². The molecular formula is C24H28N2O6S. The molecule has 0 bridgehead atoms. The van der Waals surface area contributed by atoms with E-state index in [1.807, 2.05) is 23.1 Å². The topological polar surface area (TPSA) is 86.3 Å². The summed E-state index contributed by atoms with van der Waals surface area (Å²) in [7, 11) is 4.49. The molecule has 1 aliphatic rings. The van der Waals surface area contributed by atoms with Gasteiger partial charge in [0.25, 0.3) is 0 Å². The molecule has 33 heavy (non-hydrogen) atoms.